The zero-order valence-electron chi connectivity index (χ0n) is 19.2. The topological polar surface area (TPSA) is 94.5 Å². The standard InChI is InChI=1S/C22H29F3N4O4/c1-20(2,3)33-18(30)26-12-16-11-17(22(23,24)25)28-29(16)14-21(4,5)27-19(31)32-13-15-9-7-6-8-10-15/h6-11H,12-14H2,1-5H3,(H,26,30)(H,27,31). The summed E-state index contributed by atoms with van der Waals surface area (Å²) in [6.45, 7) is 7.96. The monoisotopic (exact) mass is 470 g/mol. The molecule has 11 heteroatoms. The van der Waals surface area contributed by atoms with Crippen molar-refractivity contribution in [3.8, 4) is 0 Å². The third-order valence-corrected chi connectivity index (χ3v) is 4.16. The second-order valence-electron chi connectivity index (χ2n) is 9.10. The fourth-order valence-electron chi connectivity index (χ4n) is 2.80. The molecule has 0 fully saturated rings. The van der Waals surface area contributed by atoms with E-state index in [-0.39, 0.29) is 25.4 Å². The van der Waals surface area contributed by atoms with Crippen molar-refractivity contribution in [2.75, 3.05) is 0 Å². The maximum absolute atomic E-state index is 13.2. The number of amides is 2. The van der Waals surface area contributed by atoms with Gasteiger partial charge in [-0.25, -0.2) is 9.59 Å². The minimum atomic E-state index is -4.67. The van der Waals surface area contributed by atoms with Crippen LogP contribution >= 0.6 is 0 Å². The lowest BCUT2D eigenvalue weighted by molar-refractivity contribution is -0.141. The Morgan fingerprint density at radius 3 is 2.24 bits per heavy atom. The number of ether oxygens (including phenoxy) is 2. The molecule has 0 atom stereocenters. The Hall–Kier alpha value is -3.24. The highest BCUT2D eigenvalue weighted by Crippen LogP contribution is 2.29. The van der Waals surface area contributed by atoms with Crippen LogP contribution in [-0.2, 0) is 35.3 Å². The largest absolute Gasteiger partial charge is 0.445 e. The van der Waals surface area contributed by atoms with Gasteiger partial charge in [0.05, 0.1) is 24.3 Å². The molecule has 2 amide bonds. The first-order valence-corrected chi connectivity index (χ1v) is 10.2. The fraction of sp³-hybridized carbons (Fsp3) is 0.500. The van der Waals surface area contributed by atoms with Gasteiger partial charge in [-0.2, -0.15) is 18.3 Å². The Balaban J connectivity index is 2.07. The lowest BCUT2D eigenvalue weighted by Gasteiger charge is -2.27. The van der Waals surface area contributed by atoms with Gasteiger partial charge in [-0.15, -0.1) is 0 Å². The van der Waals surface area contributed by atoms with Crippen molar-refractivity contribution >= 4 is 12.2 Å². The molecular weight excluding hydrogens is 441 g/mol. The number of hydrogen-bond donors (Lipinski definition) is 2. The summed E-state index contributed by atoms with van der Waals surface area (Å²) in [5, 5.41) is 8.68. The summed E-state index contributed by atoms with van der Waals surface area (Å²) >= 11 is 0. The van der Waals surface area contributed by atoms with E-state index in [1.165, 1.54) is 0 Å². The summed E-state index contributed by atoms with van der Waals surface area (Å²) in [6, 6.07) is 9.89. The Labute approximate surface area is 190 Å². The highest BCUT2D eigenvalue weighted by molar-refractivity contribution is 5.68. The molecule has 1 aromatic heterocycles. The number of rotatable bonds is 7. The number of halogens is 3. The number of nitrogens with one attached hydrogen (secondary N) is 2. The molecule has 2 rings (SSSR count). The van der Waals surface area contributed by atoms with Crippen LogP contribution in [-0.4, -0.2) is 33.1 Å². The first kappa shape index (κ1) is 26.0. The van der Waals surface area contributed by atoms with Crippen LogP contribution in [0.4, 0.5) is 22.8 Å². The van der Waals surface area contributed by atoms with E-state index in [0.717, 1.165) is 16.3 Å². The summed E-state index contributed by atoms with van der Waals surface area (Å²) in [6.07, 6.45) is -6.16. The van der Waals surface area contributed by atoms with Crippen molar-refractivity contribution in [3.63, 3.8) is 0 Å². The second kappa shape index (κ2) is 10.1. The Morgan fingerprint density at radius 1 is 1.03 bits per heavy atom. The third-order valence-electron chi connectivity index (χ3n) is 4.16. The predicted molar refractivity (Wildman–Crippen MR) is 114 cm³/mol. The van der Waals surface area contributed by atoms with Gasteiger partial charge in [0.2, 0.25) is 0 Å². The molecule has 8 nitrogen and oxygen atoms in total. The number of benzene rings is 1. The molecule has 0 aliphatic rings. The van der Waals surface area contributed by atoms with E-state index >= 15 is 0 Å². The zero-order valence-corrected chi connectivity index (χ0v) is 19.2. The molecule has 0 saturated heterocycles. The van der Waals surface area contributed by atoms with Crippen molar-refractivity contribution in [2.45, 2.75) is 71.6 Å². The molecule has 2 aromatic rings. The SMILES string of the molecule is CC(C)(Cn1nc(C(F)(F)F)cc1CNC(=O)OC(C)(C)C)NC(=O)OCc1ccccc1. The smallest absolute Gasteiger partial charge is 0.435 e. The maximum Gasteiger partial charge on any atom is 0.435 e. The highest BCUT2D eigenvalue weighted by atomic mass is 19.4. The van der Waals surface area contributed by atoms with E-state index in [1.807, 2.05) is 18.2 Å². The number of alkyl halides is 3. The van der Waals surface area contributed by atoms with Crippen molar-refractivity contribution in [3.05, 3.63) is 53.3 Å². The van der Waals surface area contributed by atoms with Crippen molar-refractivity contribution in [1.82, 2.24) is 20.4 Å². The van der Waals surface area contributed by atoms with E-state index in [0.29, 0.717) is 0 Å². The van der Waals surface area contributed by atoms with Gasteiger partial charge in [0, 0.05) is 0 Å². The molecule has 0 radical (unpaired) electrons. The van der Waals surface area contributed by atoms with Crippen LogP contribution in [0.5, 0.6) is 0 Å². The number of carbonyl (C=O) groups excluding carboxylic acids is 2. The van der Waals surface area contributed by atoms with E-state index in [1.54, 1.807) is 46.8 Å². The molecule has 2 N–H and O–H groups in total. The Kier molecular flexibility index (Phi) is 7.99. The number of nitrogens with zero attached hydrogens (tertiary/aromatic N) is 2. The lowest BCUT2D eigenvalue weighted by Crippen LogP contribution is -2.47. The molecule has 33 heavy (non-hydrogen) atoms. The van der Waals surface area contributed by atoms with Crippen molar-refractivity contribution in [1.29, 1.82) is 0 Å². The van der Waals surface area contributed by atoms with E-state index in [4.69, 9.17) is 9.47 Å². The van der Waals surface area contributed by atoms with E-state index in [9.17, 15) is 22.8 Å². The third kappa shape index (κ3) is 9.03. The van der Waals surface area contributed by atoms with Crippen LogP contribution in [0, 0.1) is 0 Å². The number of hydrogen-bond acceptors (Lipinski definition) is 5. The first-order chi connectivity index (χ1) is 15.1. The molecular formula is C22H29F3N4O4. The number of aromatic nitrogens is 2. The number of carbonyl (C=O) groups is 2. The van der Waals surface area contributed by atoms with Crippen LogP contribution in [0.25, 0.3) is 0 Å². The van der Waals surface area contributed by atoms with Crippen LogP contribution in [0.15, 0.2) is 36.4 Å². The Bertz CT molecular complexity index is 951. The summed E-state index contributed by atoms with van der Waals surface area (Å²) in [5.74, 6) is 0. The minimum absolute atomic E-state index is 0.0494. The second-order valence-corrected chi connectivity index (χ2v) is 9.10. The molecule has 0 aliphatic carbocycles. The van der Waals surface area contributed by atoms with Gasteiger partial charge in [0.1, 0.15) is 12.2 Å². The average molecular weight is 470 g/mol. The summed E-state index contributed by atoms with van der Waals surface area (Å²) in [7, 11) is 0. The summed E-state index contributed by atoms with van der Waals surface area (Å²) in [4.78, 5) is 24.1. The fourth-order valence-corrected chi connectivity index (χ4v) is 2.80. The molecule has 0 bridgehead atoms. The summed E-state index contributed by atoms with van der Waals surface area (Å²) in [5.41, 5.74) is -1.98. The van der Waals surface area contributed by atoms with E-state index in [2.05, 4.69) is 15.7 Å². The summed E-state index contributed by atoms with van der Waals surface area (Å²) < 4.78 is 51.1. The minimum Gasteiger partial charge on any atom is -0.445 e. The molecule has 1 aromatic carbocycles. The van der Waals surface area contributed by atoms with Crippen LogP contribution < -0.4 is 10.6 Å². The van der Waals surface area contributed by atoms with Crippen LogP contribution in [0.3, 0.4) is 0 Å². The molecule has 1 heterocycles. The first-order valence-electron chi connectivity index (χ1n) is 10.2. The van der Waals surface area contributed by atoms with E-state index < -0.39 is 35.2 Å². The van der Waals surface area contributed by atoms with Gasteiger partial charge in [-0.1, -0.05) is 30.3 Å². The zero-order chi connectivity index (χ0) is 24.9. The Morgan fingerprint density at radius 2 is 1.67 bits per heavy atom. The van der Waals surface area contributed by atoms with Gasteiger partial charge in [-0.05, 0) is 46.2 Å². The van der Waals surface area contributed by atoms with Gasteiger partial charge in [0.25, 0.3) is 0 Å². The van der Waals surface area contributed by atoms with Gasteiger partial charge >= 0.3 is 18.4 Å². The van der Waals surface area contributed by atoms with Gasteiger partial charge < -0.3 is 20.1 Å². The van der Waals surface area contributed by atoms with Gasteiger partial charge in [-0.3, -0.25) is 4.68 Å². The van der Waals surface area contributed by atoms with Crippen LogP contribution in [0.1, 0.15) is 51.6 Å². The predicted octanol–water partition coefficient (Wildman–Crippen LogP) is 4.63. The molecule has 0 aliphatic heterocycles. The molecule has 0 saturated carbocycles. The van der Waals surface area contributed by atoms with Crippen LogP contribution in [0.2, 0.25) is 0 Å². The molecule has 0 spiro atoms. The normalized spacial score (nSPS) is 12.2. The number of alkyl carbamates (subject to hydrolysis) is 2. The van der Waals surface area contributed by atoms with Gasteiger partial charge in [0.15, 0.2) is 5.69 Å². The highest BCUT2D eigenvalue weighted by Gasteiger charge is 2.36. The van der Waals surface area contributed by atoms with Crippen molar-refractivity contribution < 1.29 is 32.2 Å². The van der Waals surface area contributed by atoms with Crippen molar-refractivity contribution in [2.24, 2.45) is 0 Å². The molecule has 182 valence electrons. The average Bonchev–Trinajstić information content (AvgIpc) is 3.06. The lowest BCUT2D eigenvalue weighted by atomic mass is 10.1. The maximum atomic E-state index is 13.2. The molecule has 0 unspecified atom stereocenters. The quantitative estimate of drug-likeness (QED) is 0.615.